The largest absolute Gasteiger partial charge is 0.358 e. The monoisotopic (exact) mass is 206 g/mol. The van der Waals surface area contributed by atoms with E-state index in [0.29, 0.717) is 17.9 Å². The molecule has 0 bridgehead atoms. The lowest BCUT2D eigenvalue weighted by molar-refractivity contribution is 0.0979. The topological polar surface area (TPSA) is 49.3 Å². The van der Waals surface area contributed by atoms with E-state index < -0.39 is 0 Å². The standard InChI is InChI=1S/C10H14N4O/c1-13(2)10-11-6-7-8(15)4-5-14(3)9(7)12-10/h6H,4-5H2,1-3H3. The molecule has 1 aliphatic rings. The first-order chi connectivity index (χ1) is 7.09. The van der Waals surface area contributed by atoms with E-state index in [9.17, 15) is 4.79 Å². The maximum atomic E-state index is 11.6. The molecule has 5 nitrogen and oxygen atoms in total. The second-order valence-electron chi connectivity index (χ2n) is 3.90. The molecule has 0 unspecified atom stereocenters. The van der Waals surface area contributed by atoms with Gasteiger partial charge in [-0.15, -0.1) is 0 Å². The van der Waals surface area contributed by atoms with Crippen molar-refractivity contribution < 1.29 is 4.79 Å². The Morgan fingerprint density at radius 2 is 2.20 bits per heavy atom. The zero-order valence-corrected chi connectivity index (χ0v) is 9.19. The number of nitrogens with zero attached hydrogens (tertiary/aromatic N) is 4. The van der Waals surface area contributed by atoms with Crippen LogP contribution >= 0.6 is 0 Å². The van der Waals surface area contributed by atoms with Gasteiger partial charge in [-0.25, -0.2) is 4.98 Å². The maximum absolute atomic E-state index is 11.6. The molecule has 1 aromatic rings. The van der Waals surface area contributed by atoms with Crippen molar-refractivity contribution in [3.8, 4) is 0 Å². The number of aromatic nitrogens is 2. The molecule has 80 valence electrons. The summed E-state index contributed by atoms with van der Waals surface area (Å²) in [6.45, 7) is 0.732. The second-order valence-corrected chi connectivity index (χ2v) is 3.90. The van der Waals surface area contributed by atoms with Crippen LogP contribution in [0.2, 0.25) is 0 Å². The summed E-state index contributed by atoms with van der Waals surface area (Å²) in [5, 5.41) is 0. The molecule has 5 heteroatoms. The van der Waals surface area contributed by atoms with E-state index in [0.717, 1.165) is 12.4 Å². The lowest BCUT2D eigenvalue weighted by atomic mass is 10.1. The number of Topliss-reactive ketones (excluding diaryl/α,β-unsaturated/α-hetero) is 1. The van der Waals surface area contributed by atoms with E-state index in [1.165, 1.54) is 0 Å². The van der Waals surface area contributed by atoms with E-state index in [-0.39, 0.29) is 5.78 Å². The van der Waals surface area contributed by atoms with Gasteiger partial charge < -0.3 is 9.80 Å². The van der Waals surface area contributed by atoms with E-state index in [4.69, 9.17) is 0 Å². The molecule has 0 fully saturated rings. The summed E-state index contributed by atoms with van der Waals surface area (Å²) in [6, 6.07) is 0. The highest BCUT2D eigenvalue weighted by molar-refractivity contribution is 6.02. The van der Waals surface area contributed by atoms with E-state index >= 15 is 0 Å². The fraction of sp³-hybridized carbons (Fsp3) is 0.500. The number of fused-ring (bicyclic) bond motifs is 1. The van der Waals surface area contributed by atoms with Crippen LogP contribution in [-0.4, -0.2) is 43.4 Å². The average Bonchev–Trinajstić information content (AvgIpc) is 2.23. The smallest absolute Gasteiger partial charge is 0.226 e. The van der Waals surface area contributed by atoms with Crippen molar-refractivity contribution >= 4 is 17.5 Å². The van der Waals surface area contributed by atoms with Crippen LogP contribution in [0.4, 0.5) is 11.8 Å². The van der Waals surface area contributed by atoms with E-state index in [1.54, 1.807) is 6.20 Å². The van der Waals surface area contributed by atoms with Crippen molar-refractivity contribution in [2.45, 2.75) is 6.42 Å². The lowest BCUT2D eigenvalue weighted by Gasteiger charge is -2.25. The number of rotatable bonds is 1. The van der Waals surface area contributed by atoms with Crippen molar-refractivity contribution in [2.24, 2.45) is 0 Å². The fourth-order valence-electron chi connectivity index (χ4n) is 1.58. The third-order valence-electron chi connectivity index (χ3n) is 2.49. The average molecular weight is 206 g/mol. The normalized spacial score (nSPS) is 15.1. The van der Waals surface area contributed by atoms with Gasteiger partial charge in [0.2, 0.25) is 5.95 Å². The highest BCUT2D eigenvalue weighted by atomic mass is 16.1. The zero-order chi connectivity index (χ0) is 11.0. The summed E-state index contributed by atoms with van der Waals surface area (Å²) in [4.78, 5) is 23.9. The molecule has 0 aliphatic carbocycles. The molecule has 0 aromatic carbocycles. The van der Waals surface area contributed by atoms with Crippen LogP contribution in [-0.2, 0) is 0 Å². The van der Waals surface area contributed by atoms with Crippen molar-refractivity contribution in [1.82, 2.24) is 9.97 Å². The molecule has 0 amide bonds. The number of hydrogen-bond acceptors (Lipinski definition) is 5. The summed E-state index contributed by atoms with van der Waals surface area (Å²) in [5.41, 5.74) is 0.634. The summed E-state index contributed by atoms with van der Waals surface area (Å²) in [5.74, 6) is 1.51. The lowest BCUT2D eigenvalue weighted by Crippen LogP contribution is -2.30. The Bertz CT molecular complexity index is 402. The zero-order valence-electron chi connectivity index (χ0n) is 9.19. The Labute approximate surface area is 88.7 Å². The third-order valence-corrected chi connectivity index (χ3v) is 2.49. The molecule has 0 radical (unpaired) electrons. The molecule has 2 rings (SSSR count). The minimum atomic E-state index is 0.133. The second kappa shape index (κ2) is 3.49. The van der Waals surface area contributed by atoms with Crippen molar-refractivity contribution in [3.63, 3.8) is 0 Å². The summed E-state index contributed by atoms with van der Waals surface area (Å²) in [7, 11) is 5.70. The SMILES string of the molecule is CN(C)c1ncc2c(n1)N(C)CCC2=O. The minimum Gasteiger partial charge on any atom is -0.358 e. The first kappa shape index (κ1) is 9.89. The van der Waals surface area contributed by atoms with E-state index in [2.05, 4.69) is 9.97 Å². The van der Waals surface area contributed by atoms with Crippen LogP contribution in [0.25, 0.3) is 0 Å². The van der Waals surface area contributed by atoms with Gasteiger partial charge in [0.15, 0.2) is 5.78 Å². The van der Waals surface area contributed by atoms with Gasteiger partial charge >= 0.3 is 0 Å². The Kier molecular flexibility index (Phi) is 2.30. The van der Waals surface area contributed by atoms with Crippen molar-refractivity contribution in [2.75, 3.05) is 37.5 Å². The first-order valence-electron chi connectivity index (χ1n) is 4.88. The van der Waals surface area contributed by atoms with Gasteiger partial charge in [0.25, 0.3) is 0 Å². The Balaban J connectivity index is 2.50. The quantitative estimate of drug-likeness (QED) is 0.672. The van der Waals surface area contributed by atoms with Crippen LogP contribution in [0.5, 0.6) is 0 Å². The fourth-order valence-corrected chi connectivity index (χ4v) is 1.58. The molecule has 0 N–H and O–H groups in total. The van der Waals surface area contributed by atoms with Gasteiger partial charge in [-0.1, -0.05) is 0 Å². The summed E-state index contributed by atoms with van der Waals surface area (Å²) in [6.07, 6.45) is 2.17. The minimum absolute atomic E-state index is 0.133. The van der Waals surface area contributed by atoms with Gasteiger partial charge in [-0.05, 0) is 0 Å². The summed E-state index contributed by atoms with van der Waals surface area (Å²) < 4.78 is 0. The molecular formula is C10H14N4O. The number of anilines is 2. The van der Waals surface area contributed by atoms with Gasteiger partial charge in [0, 0.05) is 40.3 Å². The number of hydrogen-bond donors (Lipinski definition) is 0. The van der Waals surface area contributed by atoms with Crippen LogP contribution in [0.15, 0.2) is 6.20 Å². The predicted molar refractivity (Wildman–Crippen MR) is 58.6 cm³/mol. The highest BCUT2D eigenvalue weighted by Crippen LogP contribution is 2.24. The van der Waals surface area contributed by atoms with Crippen LogP contribution in [0.1, 0.15) is 16.8 Å². The van der Waals surface area contributed by atoms with Gasteiger partial charge in [-0.3, -0.25) is 4.79 Å². The Morgan fingerprint density at radius 3 is 2.87 bits per heavy atom. The Hall–Kier alpha value is -1.65. The van der Waals surface area contributed by atoms with Crippen LogP contribution in [0, 0.1) is 0 Å². The number of ketones is 1. The maximum Gasteiger partial charge on any atom is 0.226 e. The molecule has 0 saturated heterocycles. The van der Waals surface area contributed by atoms with E-state index in [1.807, 2.05) is 30.9 Å². The van der Waals surface area contributed by atoms with Gasteiger partial charge in [0.1, 0.15) is 5.82 Å². The molecule has 1 aliphatic heterocycles. The molecule has 0 spiro atoms. The summed E-state index contributed by atoms with van der Waals surface area (Å²) >= 11 is 0. The van der Waals surface area contributed by atoms with Crippen LogP contribution < -0.4 is 9.80 Å². The Morgan fingerprint density at radius 1 is 1.47 bits per heavy atom. The first-order valence-corrected chi connectivity index (χ1v) is 4.88. The third kappa shape index (κ3) is 1.65. The van der Waals surface area contributed by atoms with Crippen molar-refractivity contribution in [1.29, 1.82) is 0 Å². The predicted octanol–water partition coefficient (Wildman–Crippen LogP) is 0.565. The molecular weight excluding hydrogens is 192 g/mol. The van der Waals surface area contributed by atoms with Crippen LogP contribution in [0.3, 0.4) is 0 Å². The molecule has 2 heterocycles. The van der Waals surface area contributed by atoms with Gasteiger partial charge in [0.05, 0.1) is 5.56 Å². The van der Waals surface area contributed by atoms with Gasteiger partial charge in [-0.2, -0.15) is 4.98 Å². The van der Waals surface area contributed by atoms with Crippen molar-refractivity contribution in [3.05, 3.63) is 11.8 Å². The highest BCUT2D eigenvalue weighted by Gasteiger charge is 2.23. The molecule has 0 atom stereocenters. The number of carbonyl (C=O) groups is 1. The molecule has 0 saturated carbocycles. The number of carbonyl (C=O) groups excluding carboxylic acids is 1. The molecule has 1 aromatic heterocycles. The molecule has 15 heavy (non-hydrogen) atoms.